The number of nitrogens with two attached hydrogens (primary N) is 1. The van der Waals surface area contributed by atoms with Gasteiger partial charge >= 0.3 is 6.18 Å². The standard InChI is InChI=1S/C23H23ClF3N7O5S/c1-12-8-13(34(37)38)9-14(20(35)31-22(2,3)11-40(4,28)39)18(12)30-21(36)16-10-17(23(25,26)27)32-33(16)19-15(24)6-5-7-29-19/h5-11H,1-4H3,(H2,28,39)(H,30,36)(H,31,35). The number of amides is 2. The summed E-state index contributed by atoms with van der Waals surface area (Å²) in [5.74, 6) is -2.35. The van der Waals surface area contributed by atoms with Crippen LogP contribution >= 0.6 is 11.6 Å². The predicted octanol–water partition coefficient (Wildman–Crippen LogP) is 3.51. The number of anilines is 1. The van der Waals surface area contributed by atoms with Crippen LogP contribution in [0.2, 0.25) is 5.02 Å². The van der Waals surface area contributed by atoms with Gasteiger partial charge in [-0.15, -0.1) is 0 Å². The van der Waals surface area contributed by atoms with Gasteiger partial charge < -0.3 is 10.6 Å². The summed E-state index contributed by atoms with van der Waals surface area (Å²) in [6.45, 7) is 4.29. The molecule has 2 amide bonds. The van der Waals surface area contributed by atoms with Crippen molar-refractivity contribution in [3.63, 3.8) is 0 Å². The smallest absolute Gasteiger partial charge is 0.343 e. The van der Waals surface area contributed by atoms with Crippen LogP contribution in [0.15, 0.2) is 36.5 Å². The largest absolute Gasteiger partial charge is 0.435 e. The molecule has 1 unspecified atom stereocenters. The van der Waals surface area contributed by atoms with Crippen LogP contribution in [-0.4, -0.2) is 52.9 Å². The van der Waals surface area contributed by atoms with E-state index in [1.165, 1.54) is 50.7 Å². The number of non-ortho nitro benzene ring substituents is 1. The number of nitro groups is 1. The first-order valence-electron chi connectivity index (χ1n) is 11.1. The Morgan fingerprint density at radius 3 is 2.42 bits per heavy atom. The molecule has 0 aliphatic heterocycles. The lowest BCUT2D eigenvalue weighted by Crippen LogP contribution is -2.47. The molecule has 0 fully saturated rings. The number of aromatic nitrogens is 3. The van der Waals surface area contributed by atoms with Gasteiger partial charge in [0.2, 0.25) is 0 Å². The number of pyridine rings is 1. The van der Waals surface area contributed by atoms with Gasteiger partial charge in [0, 0.05) is 45.7 Å². The molecule has 0 saturated carbocycles. The first-order valence-corrected chi connectivity index (χ1v) is 13.6. The Morgan fingerprint density at radius 2 is 1.88 bits per heavy atom. The van der Waals surface area contributed by atoms with Crippen molar-refractivity contribution in [3.8, 4) is 5.82 Å². The van der Waals surface area contributed by atoms with Gasteiger partial charge in [-0.3, -0.25) is 29.1 Å². The van der Waals surface area contributed by atoms with E-state index in [9.17, 15) is 37.1 Å². The molecule has 0 bridgehead atoms. The summed E-state index contributed by atoms with van der Waals surface area (Å²) >= 11 is 6.08. The average Bonchev–Trinajstić information content (AvgIpc) is 3.24. The summed E-state index contributed by atoms with van der Waals surface area (Å²) in [5.41, 5.74) is -4.40. The maximum absolute atomic E-state index is 13.5. The van der Waals surface area contributed by atoms with E-state index in [2.05, 4.69) is 20.7 Å². The molecule has 2 heterocycles. The summed E-state index contributed by atoms with van der Waals surface area (Å²) in [6.07, 6.45) is -2.47. The first kappa shape index (κ1) is 30.5. The van der Waals surface area contributed by atoms with E-state index in [1.54, 1.807) is 0 Å². The zero-order valence-electron chi connectivity index (χ0n) is 21.4. The summed E-state index contributed by atoms with van der Waals surface area (Å²) < 4.78 is 53.2. The van der Waals surface area contributed by atoms with E-state index < -0.39 is 55.2 Å². The highest BCUT2D eigenvalue weighted by atomic mass is 35.5. The van der Waals surface area contributed by atoms with E-state index in [-0.39, 0.29) is 27.7 Å². The van der Waals surface area contributed by atoms with Crippen LogP contribution in [0.4, 0.5) is 24.5 Å². The fourth-order valence-electron chi connectivity index (χ4n) is 3.75. The minimum atomic E-state index is -4.93. The monoisotopic (exact) mass is 601 g/mol. The maximum Gasteiger partial charge on any atom is 0.435 e. The lowest BCUT2D eigenvalue weighted by molar-refractivity contribution is -0.384. The molecule has 12 nitrogen and oxygen atoms in total. The van der Waals surface area contributed by atoms with Crippen molar-refractivity contribution in [2.24, 2.45) is 5.14 Å². The van der Waals surface area contributed by atoms with Gasteiger partial charge in [0.15, 0.2) is 11.5 Å². The normalized spacial score (nSPS) is 13.3. The maximum atomic E-state index is 13.5. The molecule has 2 aromatic heterocycles. The zero-order chi connectivity index (χ0) is 30.2. The number of nitro benzene ring substituents is 1. The Balaban J connectivity index is 2.14. The molecule has 1 atom stereocenters. The number of alkyl halides is 3. The number of halogens is 4. The van der Waals surface area contributed by atoms with Crippen LogP contribution in [0.3, 0.4) is 0 Å². The second kappa shape index (κ2) is 10.9. The Bertz CT molecular complexity index is 1640. The number of rotatable bonds is 7. The van der Waals surface area contributed by atoms with E-state index >= 15 is 0 Å². The third-order valence-electron chi connectivity index (χ3n) is 5.15. The molecule has 0 saturated heterocycles. The van der Waals surface area contributed by atoms with Crippen molar-refractivity contribution >= 4 is 49.9 Å². The number of carbonyl (C=O) groups excluding carboxylic acids is 2. The van der Waals surface area contributed by atoms with E-state index in [4.69, 9.17) is 16.7 Å². The molecular formula is C23H23ClF3N7O5S. The number of benzene rings is 1. The zero-order valence-corrected chi connectivity index (χ0v) is 22.9. The van der Waals surface area contributed by atoms with Crippen molar-refractivity contribution in [1.29, 1.82) is 0 Å². The fraction of sp³-hybridized carbons (Fsp3) is 0.261. The highest BCUT2D eigenvalue weighted by molar-refractivity contribution is 7.98. The van der Waals surface area contributed by atoms with Crippen LogP contribution in [0.5, 0.6) is 0 Å². The van der Waals surface area contributed by atoms with Crippen LogP contribution in [0.1, 0.15) is 46.0 Å². The Hall–Kier alpha value is -4.02. The minimum absolute atomic E-state index is 0.0468. The number of hydrogen-bond donors (Lipinski definition) is 3. The second-order valence-corrected chi connectivity index (χ2v) is 11.9. The van der Waals surface area contributed by atoms with Crippen molar-refractivity contribution < 1.29 is 31.9 Å². The van der Waals surface area contributed by atoms with Crippen molar-refractivity contribution in [3.05, 3.63) is 74.2 Å². The third-order valence-corrected chi connectivity index (χ3v) is 6.50. The Labute approximate surface area is 231 Å². The molecule has 214 valence electrons. The van der Waals surface area contributed by atoms with Gasteiger partial charge in [0.05, 0.1) is 26.7 Å². The highest BCUT2D eigenvalue weighted by Crippen LogP contribution is 2.32. The van der Waals surface area contributed by atoms with E-state index in [0.717, 1.165) is 12.1 Å². The fourth-order valence-corrected chi connectivity index (χ4v) is 5.18. The SMILES string of the molecule is Cc1cc([N+](=O)[O-])cc(C(=O)NC(C)(C)C=S(C)(N)=O)c1NC(=O)c1cc(C(F)(F)F)nn1-c1ncccc1Cl. The van der Waals surface area contributed by atoms with Crippen molar-refractivity contribution in [2.45, 2.75) is 32.5 Å². The lowest BCUT2D eigenvalue weighted by atomic mass is 10.0. The van der Waals surface area contributed by atoms with Crippen LogP contribution in [0.25, 0.3) is 5.82 Å². The number of nitrogens with zero attached hydrogens (tertiary/aromatic N) is 4. The number of hydrogen-bond acceptors (Lipinski definition) is 7. The van der Waals surface area contributed by atoms with Crippen LogP contribution in [-0.2, 0) is 15.9 Å². The van der Waals surface area contributed by atoms with Crippen LogP contribution in [0, 0.1) is 17.0 Å². The van der Waals surface area contributed by atoms with E-state index in [1.807, 2.05) is 0 Å². The molecule has 17 heteroatoms. The summed E-state index contributed by atoms with van der Waals surface area (Å²) in [5, 5.41) is 26.4. The van der Waals surface area contributed by atoms with Gasteiger partial charge in [-0.1, -0.05) is 11.6 Å². The molecule has 3 rings (SSSR count). The topological polar surface area (TPSA) is 175 Å². The number of carbonyl (C=O) groups is 2. The van der Waals surface area contributed by atoms with Crippen molar-refractivity contribution in [1.82, 2.24) is 20.1 Å². The summed E-state index contributed by atoms with van der Waals surface area (Å²) in [7, 11) is -2.93. The molecular weight excluding hydrogens is 579 g/mol. The second-order valence-electron chi connectivity index (χ2n) is 9.29. The highest BCUT2D eigenvalue weighted by Gasteiger charge is 2.37. The molecule has 0 spiro atoms. The van der Waals surface area contributed by atoms with Gasteiger partial charge in [-0.05, 0) is 38.5 Å². The molecule has 4 N–H and O–H groups in total. The number of aryl methyl sites for hydroxylation is 1. The van der Waals surface area contributed by atoms with Crippen molar-refractivity contribution in [2.75, 3.05) is 11.6 Å². The molecule has 0 radical (unpaired) electrons. The summed E-state index contributed by atoms with van der Waals surface area (Å²) in [4.78, 5) is 41.2. The molecule has 0 aliphatic carbocycles. The first-order chi connectivity index (χ1) is 18.3. The van der Waals surface area contributed by atoms with E-state index in [0.29, 0.717) is 10.7 Å². The van der Waals surface area contributed by atoms with Gasteiger partial charge in [-0.2, -0.15) is 18.3 Å². The molecule has 3 aromatic rings. The third kappa shape index (κ3) is 7.13. The Morgan fingerprint density at radius 1 is 1.23 bits per heavy atom. The predicted molar refractivity (Wildman–Crippen MR) is 143 cm³/mol. The van der Waals surface area contributed by atoms with Gasteiger partial charge in [0.25, 0.3) is 17.5 Å². The van der Waals surface area contributed by atoms with Gasteiger partial charge in [-0.25, -0.2) is 9.67 Å². The average molecular weight is 602 g/mol. The van der Waals surface area contributed by atoms with Gasteiger partial charge in [0.1, 0.15) is 5.69 Å². The quantitative estimate of drug-likeness (QED) is 0.211. The minimum Gasteiger partial charge on any atom is -0.343 e. The Kier molecular flexibility index (Phi) is 8.29. The molecule has 1 aromatic carbocycles. The molecule has 0 aliphatic rings. The number of nitrogens with one attached hydrogen (secondary N) is 2. The lowest BCUT2D eigenvalue weighted by Gasteiger charge is -2.24. The molecule has 40 heavy (non-hydrogen) atoms. The summed E-state index contributed by atoms with van der Waals surface area (Å²) in [6, 6.07) is 5.17. The van der Waals surface area contributed by atoms with Crippen LogP contribution < -0.4 is 15.8 Å².